The Kier molecular flexibility index (Phi) is 4.89. The third kappa shape index (κ3) is 4.47. The Labute approximate surface area is 97.5 Å². The van der Waals surface area contributed by atoms with E-state index in [9.17, 15) is 9.59 Å². The van der Waals surface area contributed by atoms with Crippen molar-refractivity contribution in [3.63, 3.8) is 0 Å². The van der Waals surface area contributed by atoms with Crippen molar-refractivity contribution in [3.8, 4) is 0 Å². The van der Waals surface area contributed by atoms with Crippen LogP contribution in [0.25, 0.3) is 0 Å². The van der Waals surface area contributed by atoms with Gasteiger partial charge in [0.05, 0.1) is 6.61 Å². The normalized spacial score (nSPS) is 11.6. The van der Waals surface area contributed by atoms with Crippen molar-refractivity contribution >= 4 is 12.0 Å². The maximum atomic E-state index is 11.3. The highest BCUT2D eigenvalue weighted by atomic mass is 16.4. The van der Waals surface area contributed by atoms with Crippen LogP contribution in [0.4, 0.5) is 4.79 Å². The molecule has 0 saturated carbocycles. The molecule has 0 radical (unpaired) electrons. The summed E-state index contributed by atoms with van der Waals surface area (Å²) in [6.07, 6.45) is 3.17. The molecule has 0 aliphatic rings. The molecule has 7 heteroatoms. The van der Waals surface area contributed by atoms with Crippen molar-refractivity contribution in [3.05, 3.63) is 30.1 Å². The summed E-state index contributed by atoms with van der Waals surface area (Å²) in [5.41, 5.74) is 0.839. The van der Waals surface area contributed by atoms with Crippen molar-refractivity contribution in [2.45, 2.75) is 12.6 Å². The highest BCUT2D eigenvalue weighted by Gasteiger charge is 2.18. The van der Waals surface area contributed by atoms with Crippen molar-refractivity contribution in [1.82, 2.24) is 15.6 Å². The Balaban J connectivity index is 2.37. The van der Waals surface area contributed by atoms with Gasteiger partial charge >= 0.3 is 12.0 Å². The fraction of sp³-hybridized carbons (Fsp3) is 0.300. The Hall–Kier alpha value is -2.15. The lowest BCUT2D eigenvalue weighted by Gasteiger charge is -2.12. The summed E-state index contributed by atoms with van der Waals surface area (Å²) in [5, 5.41) is 21.9. The van der Waals surface area contributed by atoms with Gasteiger partial charge in [0.15, 0.2) is 6.04 Å². The van der Waals surface area contributed by atoms with Crippen LogP contribution in [0.1, 0.15) is 5.56 Å². The number of aliphatic carboxylic acids is 1. The summed E-state index contributed by atoms with van der Waals surface area (Å²) in [6, 6.07) is 1.50. The number of nitrogens with zero attached hydrogens (tertiary/aromatic N) is 1. The summed E-state index contributed by atoms with van der Waals surface area (Å²) in [4.78, 5) is 25.6. The minimum absolute atomic E-state index is 0.256. The number of rotatable bonds is 5. The molecule has 0 saturated heterocycles. The van der Waals surface area contributed by atoms with Crippen LogP contribution in [-0.4, -0.2) is 39.8 Å². The van der Waals surface area contributed by atoms with Crippen LogP contribution in [0.5, 0.6) is 0 Å². The molecule has 0 aliphatic heterocycles. The highest BCUT2D eigenvalue weighted by molar-refractivity contribution is 5.82. The molecule has 2 amide bonds. The highest BCUT2D eigenvalue weighted by Crippen LogP contribution is 1.94. The molecule has 0 unspecified atom stereocenters. The van der Waals surface area contributed by atoms with Gasteiger partial charge in [-0.05, 0) is 17.7 Å². The molecular formula is C10H13N3O4. The zero-order valence-corrected chi connectivity index (χ0v) is 8.96. The molecule has 1 rings (SSSR count). The maximum Gasteiger partial charge on any atom is 0.328 e. The average molecular weight is 239 g/mol. The SMILES string of the molecule is O=C(NCc1ccncc1)N[C@@H](CO)C(=O)O. The summed E-state index contributed by atoms with van der Waals surface area (Å²) < 4.78 is 0. The van der Waals surface area contributed by atoms with Crippen LogP contribution in [0.2, 0.25) is 0 Å². The number of hydrogen-bond donors (Lipinski definition) is 4. The molecule has 17 heavy (non-hydrogen) atoms. The van der Waals surface area contributed by atoms with Gasteiger partial charge in [-0.15, -0.1) is 0 Å². The molecular weight excluding hydrogens is 226 g/mol. The van der Waals surface area contributed by atoms with E-state index in [1.165, 1.54) is 0 Å². The number of nitrogens with one attached hydrogen (secondary N) is 2. The second-order valence-electron chi connectivity index (χ2n) is 3.26. The first-order valence-corrected chi connectivity index (χ1v) is 4.90. The Morgan fingerprint density at radius 3 is 2.53 bits per heavy atom. The molecule has 0 bridgehead atoms. The standard InChI is InChI=1S/C10H13N3O4/c14-6-8(9(15)16)13-10(17)12-5-7-1-3-11-4-2-7/h1-4,8,14H,5-6H2,(H,15,16)(H2,12,13,17)/t8-/m0/s1. The van der Waals surface area contributed by atoms with Gasteiger partial charge in [0.1, 0.15) is 0 Å². The van der Waals surface area contributed by atoms with E-state index in [-0.39, 0.29) is 6.54 Å². The molecule has 1 aromatic heterocycles. The number of amides is 2. The van der Waals surface area contributed by atoms with Gasteiger partial charge in [-0.1, -0.05) is 0 Å². The smallest absolute Gasteiger partial charge is 0.328 e. The van der Waals surface area contributed by atoms with Gasteiger partial charge in [0, 0.05) is 18.9 Å². The zero-order chi connectivity index (χ0) is 12.7. The van der Waals surface area contributed by atoms with Crippen molar-refractivity contribution in [1.29, 1.82) is 0 Å². The van der Waals surface area contributed by atoms with Gasteiger partial charge in [-0.2, -0.15) is 0 Å². The largest absolute Gasteiger partial charge is 0.480 e. The van der Waals surface area contributed by atoms with Crippen molar-refractivity contribution in [2.75, 3.05) is 6.61 Å². The fourth-order valence-corrected chi connectivity index (χ4v) is 1.08. The average Bonchev–Trinajstić information content (AvgIpc) is 2.34. The van der Waals surface area contributed by atoms with Crippen molar-refractivity contribution in [2.24, 2.45) is 0 Å². The molecule has 1 aromatic rings. The Morgan fingerprint density at radius 2 is 2.00 bits per heavy atom. The molecule has 0 fully saturated rings. The van der Waals surface area contributed by atoms with Crippen LogP contribution in [-0.2, 0) is 11.3 Å². The number of aliphatic hydroxyl groups excluding tert-OH is 1. The van der Waals surface area contributed by atoms with E-state index >= 15 is 0 Å². The minimum atomic E-state index is -1.30. The number of carbonyl (C=O) groups excluding carboxylic acids is 1. The first-order chi connectivity index (χ1) is 8.13. The van der Waals surface area contributed by atoms with E-state index in [0.717, 1.165) is 5.56 Å². The number of hydrogen-bond acceptors (Lipinski definition) is 4. The van der Waals surface area contributed by atoms with Gasteiger partial charge in [0.2, 0.25) is 0 Å². The Morgan fingerprint density at radius 1 is 1.35 bits per heavy atom. The van der Waals surface area contributed by atoms with Crippen LogP contribution < -0.4 is 10.6 Å². The predicted octanol–water partition coefficient (Wildman–Crippen LogP) is -0.674. The number of carboxylic acid groups (broad SMARTS) is 1. The van der Waals surface area contributed by atoms with Crippen LogP contribution in [0.15, 0.2) is 24.5 Å². The quantitative estimate of drug-likeness (QED) is 0.544. The lowest BCUT2D eigenvalue weighted by atomic mass is 10.3. The van der Waals surface area contributed by atoms with E-state index in [4.69, 9.17) is 10.2 Å². The third-order valence-electron chi connectivity index (χ3n) is 1.99. The third-order valence-corrected chi connectivity index (χ3v) is 1.99. The zero-order valence-electron chi connectivity index (χ0n) is 8.96. The first-order valence-electron chi connectivity index (χ1n) is 4.90. The monoisotopic (exact) mass is 239 g/mol. The van der Waals surface area contributed by atoms with E-state index in [1.807, 2.05) is 0 Å². The number of aliphatic hydroxyl groups is 1. The predicted molar refractivity (Wildman–Crippen MR) is 58.1 cm³/mol. The molecule has 7 nitrogen and oxygen atoms in total. The molecule has 1 atom stereocenters. The minimum Gasteiger partial charge on any atom is -0.480 e. The molecule has 0 spiro atoms. The fourth-order valence-electron chi connectivity index (χ4n) is 1.08. The number of pyridine rings is 1. The van der Waals surface area contributed by atoms with Crippen molar-refractivity contribution < 1.29 is 19.8 Å². The van der Waals surface area contributed by atoms with Crippen LogP contribution in [0, 0.1) is 0 Å². The van der Waals surface area contributed by atoms with E-state index in [1.54, 1.807) is 24.5 Å². The van der Waals surface area contributed by atoms with Gasteiger partial charge < -0.3 is 20.8 Å². The Bertz CT molecular complexity index is 382. The van der Waals surface area contributed by atoms with Gasteiger partial charge in [-0.25, -0.2) is 9.59 Å². The number of aromatic nitrogens is 1. The van der Waals surface area contributed by atoms with E-state index in [0.29, 0.717) is 0 Å². The number of carboxylic acids is 1. The second-order valence-corrected chi connectivity index (χ2v) is 3.26. The van der Waals surface area contributed by atoms with Crippen LogP contribution in [0.3, 0.4) is 0 Å². The molecule has 0 aliphatic carbocycles. The number of carbonyl (C=O) groups is 2. The van der Waals surface area contributed by atoms with E-state index < -0.39 is 24.6 Å². The van der Waals surface area contributed by atoms with Crippen LogP contribution >= 0.6 is 0 Å². The molecule has 92 valence electrons. The van der Waals surface area contributed by atoms with Gasteiger partial charge in [-0.3, -0.25) is 4.98 Å². The number of urea groups is 1. The maximum absolute atomic E-state index is 11.3. The summed E-state index contributed by atoms with van der Waals surface area (Å²) in [5.74, 6) is -1.29. The molecule has 4 N–H and O–H groups in total. The summed E-state index contributed by atoms with van der Waals surface area (Å²) >= 11 is 0. The van der Waals surface area contributed by atoms with E-state index in [2.05, 4.69) is 15.6 Å². The summed E-state index contributed by atoms with van der Waals surface area (Å²) in [7, 11) is 0. The summed E-state index contributed by atoms with van der Waals surface area (Å²) in [6.45, 7) is -0.399. The molecule has 1 heterocycles. The molecule has 0 aromatic carbocycles. The lowest BCUT2D eigenvalue weighted by Crippen LogP contribution is -2.47. The first kappa shape index (κ1) is 12.9. The van der Waals surface area contributed by atoms with Gasteiger partial charge in [0.25, 0.3) is 0 Å². The second kappa shape index (κ2) is 6.44. The topological polar surface area (TPSA) is 112 Å². The lowest BCUT2D eigenvalue weighted by molar-refractivity contribution is -0.140.